The van der Waals surface area contributed by atoms with E-state index in [1.165, 1.54) is 6.33 Å². The highest BCUT2D eigenvalue weighted by atomic mass is 35.5. The standard InChI is InChI=1S/C25H21ClN4O4/c26-20-12-17(34-16-4-2-1-3-5-16)6-7-18(20)22(31)19-13-27-23-21(19)24(29-14-28-23)30-10-8-15(9-11-30)25(32)33/h1-7,12-15H,8-11H2,(H,32,33)(H,27,28,29). The van der Waals surface area contributed by atoms with E-state index >= 15 is 0 Å². The lowest BCUT2D eigenvalue weighted by Crippen LogP contribution is -2.37. The van der Waals surface area contributed by atoms with Crippen LogP contribution < -0.4 is 9.64 Å². The Labute approximate surface area is 200 Å². The summed E-state index contributed by atoms with van der Waals surface area (Å²) in [5.41, 5.74) is 1.28. The number of ether oxygens (including phenoxy) is 1. The third-order valence-electron chi connectivity index (χ3n) is 6.00. The van der Waals surface area contributed by atoms with Crippen molar-refractivity contribution in [3.63, 3.8) is 0 Å². The second-order valence-electron chi connectivity index (χ2n) is 8.11. The highest BCUT2D eigenvalue weighted by Gasteiger charge is 2.28. The van der Waals surface area contributed by atoms with Crippen molar-refractivity contribution < 1.29 is 19.4 Å². The van der Waals surface area contributed by atoms with Gasteiger partial charge >= 0.3 is 5.97 Å². The van der Waals surface area contributed by atoms with Crippen molar-refractivity contribution in [1.29, 1.82) is 0 Å². The van der Waals surface area contributed by atoms with Crippen molar-refractivity contribution in [2.24, 2.45) is 5.92 Å². The van der Waals surface area contributed by atoms with Crippen molar-refractivity contribution in [3.05, 3.63) is 77.2 Å². The fraction of sp³-hybridized carbons (Fsp3) is 0.200. The summed E-state index contributed by atoms with van der Waals surface area (Å²) in [6.45, 7) is 1.07. The van der Waals surface area contributed by atoms with Crippen LogP contribution in [0.4, 0.5) is 5.82 Å². The minimum Gasteiger partial charge on any atom is -0.481 e. The van der Waals surface area contributed by atoms with Gasteiger partial charge in [0, 0.05) is 30.9 Å². The van der Waals surface area contributed by atoms with Crippen molar-refractivity contribution in [3.8, 4) is 11.5 Å². The minimum absolute atomic E-state index is 0.265. The summed E-state index contributed by atoms with van der Waals surface area (Å²) in [4.78, 5) is 38.6. The number of halogens is 1. The maximum absolute atomic E-state index is 13.5. The quantitative estimate of drug-likeness (QED) is 0.379. The number of anilines is 1. The Hall–Kier alpha value is -3.91. The summed E-state index contributed by atoms with van der Waals surface area (Å²) in [7, 11) is 0. The monoisotopic (exact) mass is 476 g/mol. The van der Waals surface area contributed by atoms with Gasteiger partial charge in [0.05, 0.1) is 21.9 Å². The Morgan fingerprint density at radius 3 is 2.50 bits per heavy atom. The van der Waals surface area contributed by atoms with Crippen LogP contribution in [0.3, 0.4) is 0 Å². The number of hydrogen-bond acceptors (Lipinski definition) is 6. The zero-order chi connectivity index (χ0) is 23.7. The van der Waals surface area contributed by atoms with Gasteiger partial charge in [-0.1, -0.05) is 29.8 Å². The molecule has 0 saturated carbocycles. The number of carboxylic acids is 1. The summed E-state index contributed by atoms with van der Waals surface area (Å²) in [6, 6.07) is 14.3. The predicted molar refractivity (Wildman–Crippen MR) is 128 cm³/mol. The summed E-state index contributed by atoms with van der Waals surface area (Å²) in [5.74, 6) is 0.396. The molecular weight excluding hydrogens is 456 g/mol. The maximum atomic E-state index is 13.5. The lowest BCUT2D eigenvalue weighted by atomic mass is 9.96. The summed E-state index contributed by atoms with van der Waals surface area (Å²) in [6.07, 6.45) is 4.08. The summed E-state index contributed by atoms with van der Waals surface area (Å²) >= 11 is 6.48. The van der Waals surface area contributed by atoms with Gasteiger partial charge in [0.15, 0.2) is 5.78 Å². The molecule has 34 heavy (non-hydrogen) atoms. The smallest absolute Gasteiger partial charge is 0.306 e. The van der Waals surface area contributed by atoms with E-state index in [2.05, 4.69) is 15.0 Å². The van der Waals surface area contributed by atoms with Gasteiger partial charge in [-0.05, 0) is 37.1 Å². The van der Waals surface area contributed by atoms with Crippen LogP contribution >= 0.6 is 11.6 Å². The number of aromatic amines is 1. The van der Waals surface area contributed by atoms with Crippen molar-refractivity contribution >= 4 is 40.2 Å². The summed E-state index contributed by atoms with van der Waals surface area (Å²) < 4.78 is 5.81. The molecule has 0 amide bonds. The SMILES string of the molecule is O=C(c1ccc(Oc2ccccc2)cc1Cl)c1c[nH]c2ncnc(N3CCC(C(=O)O)CC3)c12. The number of nitrogens with one attached hydrogen (secondary N) is 1. The van der Waals surface area contributed by atoms with Crippen molar-refractivity contribution in [2.75, 3.05) is 18.0 Å². The van der Waals surface area contributed by atoms with Gasteiger partial charge < -0.3 is 19.7 Å². The van der Waals surface area contributed by atoms with E-state index in [1.54, 1.807) is 24.4 Å². The average molecular weight is 477 g/mol. The van der Waals surface area contributed by atoms with Crippen LogP contribution in [0.15, 0.2) is 61.1 Å². The molecule has 2 aromatic carbocycles. The molecular formula is C25H21ClN4O4. The Kier molecular flexibility index (Phi) is 5.90. The van der Waals surface area contributed by atoms with E-state index < -0.39 is 5.97 Å². The number of rotatable bonds is 6. The van der Waals surface area contributed by atoms with E-state index in [9.17, 15) is 14.7 Å². The Morgan fingerprint density at radius 1 is 1.03 bits per heavy atom. The normalized spacial score (nSPS) is 14.3. The molecule has 2 N–H and O–H groups in total. The molecule has 1 aliphatic heterocycles. The molecule has 0 unspecified atom stereocenters. The fourth-order valence-corrected chi connectivity index (χ4v) is 4.47. The van der Waals surface area contributed by atoms with Gasteiger partial charge in [-0.2, -0.15) is 0 Å². The highest BCUT2D eigenvalue weighted by molar-refractivity contribution is 6.35. The van der Waals surface area contributed by atoms with Gasteiger partial charge in [-0.25, -0.2) is 9.97 Å². The second kappa shape index (κ2) is 9.15. The first kappa shape index (κ1) is 21.9. The molecule has 172 valence electrons. The second-order valence-corrected chi connectivity index (χ2v) is 8.52. The highest BCUT2D eigenvalue weighted by Crippen LogP contribution is 2.33. The number of benzene rings is 2. The molecule has 3 heterocycles. The zero-order valence-electron chi connectivity index (χ0n) is 18.1. The number of aromatic nitrogens is 3. The molecule has 1 fully saturated rings. The zero-order valence-corrected chi connectivity index (χ0v) is 18.8. The number of fused-ring (bicyclic) bond motifs is 1. The van der Waals surface area contributed by atoms with Crippen LogP contribution in [-0.2, 0) is 4.79 Å². The van der Waals surface area contributed by atoms with Crippen LogP contribution in [0.5, 0.6) is 11.5 Å². The molecule has 0 atom stereocenters. The number of carbonyl (C=O) groups is 2. The first-order chi connectivity index (χ1) is 16.5. The van der Waals surface area contributed by atoms with Crippen LogP contribution in [0.25, 0.3) is 11.0 Å². The molecule has 0 bridgehead atoms. The van der Waals surface area contributed by atoms with Crippen LogP contribution in [0, 0.1) is 5.92 Å². The van der Waals surface area contributed by atoms with E-state index in [4.69, 9.17) is 16.3 Å². The van der Waals surface area contributed by atoms with Gasteiger partial charge in [-0.3, -0.25) is 9.59 Å². The molecule has 0 aliphatic carbocycles. The number of aliphatic carboxylic acids is 1. The number of hydrogen-bond donors (Lipinski definition) is 2. The number of piperidine rings is 1. The minimum atomic E-state index is -0.778. The van der Waals surface area contributed by atoms with Crippen LogP contribution in [-0.4, -0.2) is 44.9 Å². The third kappa shape index (κ3) is 4.20. The number of ketones is 1. The average Bonchev–Trinajstić information content (AvgIpc) is 3.29. The third-order valence-corrected chi connectivity index (χ3v) is 6.31. The van der Waals surface area contributed by atoms with Gasteiger partial charge in [0.25, 0.3) is 0 Å². The topological polar surface area (TPSA) is 108 Å². The Bertz CT molecular complexity index is 1360. The predicted octanol–water partition coefficient (Wildman–Crippen LogP) is 4.94. The Morgan fingerprint density at radius 2 is 1.79 bits per heavy atom. The molecule has 1 aliphatic rings. The molecule has 9 heteroatoms. The fourth-order valence-electron chi connectivity index (χ4n) is 4.22. The maximum Gasteiger partial charge on any atom is 0.306 e. The Balaban J connectivity index is 1.44. The lowest BCUT2D eigenvalue weighted by Gasteiger charge is -2.31. The number of carboxylic acid groups (broad SMARTS) is 1. The van der Waals surface area contributed by atoms with Crippen molar-refractivity contribution in [2.45, 2.75) is 12.8 Å². The van der Waals surface area contributed by atoms with Crippen LogP contribution in [0.2, 0.25) is 5.02 Å². The van der Waals surface area contributed by atoms with Gasteiger partial charge in [-0.15, -0.1) is 0 Å². The molecule has 0 spiro atoms. The molecule has 0 radical (unpaired) electrons. The molecule has 4 aromatic rings. The van der Waals surface area contributed by atoms with E-state index in [1.807, 2.05) is 35.2 Å². The largest absolute Gasteiger partial charge is 0.481 e. The summed E-state index contributed by atoms with van der Waals surface area (Å²) in [5, 5.41) is 10.2. The van der Waals surface area contributed by atoms with Crippen LogP contribution in [0.1, 0.15) is 28.8 Å². The van der Waals surface area contributed by atoms with Gasteiger partial charge in [0.2, 0.25) is 0 Å². The number of nitrogens with zero attached hydrogens (tertiary/aromatic N) is 3. The first-order valence-corrected chi connectivity index (χ1v) is 11.3. The van der Waals surface area contributed by atoms with E-state index in [-0.39, 0.29) is 16.7 Å². The lowest BCUT2D eigenvalue weighted by molar-refractivity contribution is -0.142. The first-order valence-electron chi connectivity index (χ1n) is 10.9. The molecule has 2 aromatic heterocycles. The van der Waals surface area contributed by atoms with E-state index in [0.717, 1.165) is 0 Å². The molecule has 8 nitrogen and oxygen atoms in total. The number of H-pyrrole nitrogens is 1. The van der Waals surface area contributed by atoms with E-state index in [0.29, 0.717) is 65.4 Å². The molecule has 5 rings (SSSR count). The van der Waals surface area contributed by atoms with Crippen molar-refractivity contribution in [1.82, 2.24) is 15.0 Å². The number of para-hydroxylation sites is 1. The number of carbonyl (C=O) groups excluding carboxylic acids is 1. The molecule has 1 saturated heterocycles. The van der Waals surface area contributed by atoms with Gasteiger partial charge in [0.1, 0.15) is 29.3 Å².